The largest absolute Gasteiger partial charge is 0.333 e. The fraction of sp³-hybridized carbons (Fsp3) is 0.550. The van der Waals surface area contributed by atoms with Crippen molar-refractivity contribution in [1.82, 2.24) is 10.3 Å². The molecule has 4 rings (SSSR count). The number of amides is 1. The molecule has 1 saturated heterocycles. The smallest absolute Gasteiger partial charge is 0.276 e. The molecule has 2 aliphatic rings. The topological polar surface area (TPSA) is 70.2 Å². The minimum atomic E-state index is -0.696. The SMILES string of the molecule is C[C@@](C#N)(NC(=O)C[NH+]1CCC[C@H](c2nc3ccccc3s2)C1)C1CC1. The van der Waals surface area contributed by atoms with Gasteiger partial charge in [-0.15, -0.1) is 11.3 Å². The van der Waals surface area contributed by atoms with E-state index in [1.807, 2.05) is 13.0 Å². The van der Waals surface area contributed by atoms with Crippen molar-refractivity contribution >= 4 is 27.5 Å². The van der Waals surface area contributed by atoms with E-state index in [0.29, 0.717) is 18.4 Å². The Morgan fingerprint density at radius 1 is 1.42 bits per heavy atom. The van der Waals surface area contributed by atoms with Crippen molar-refractivity contribution < 1.29 is 9.69 Å². The Balaban J connectivity index is 1.39. The number of hydrogen-bond donors (Lipinski definition) is 2. The monoisotopic (exact) mass is 369 g/mol. The molecule has 1 aliphatic heterocycles. The quantitative estimate of drug-likeness (QED) is 0.845. The molecule has 1 saturated carbocycles. The van der Waals surface area contributed by atoms with Crippen LogP contribution in [0.15, 0.2) is 24.3 Å². The van der Waals surface area contributed by atoms with Gasteiger partial charge in [0.05, 0.1) is 35.3 Å². The molecule has 1 unspecified atom stereocenters. The second-order valence-electron chi connectivity index (χ2n) is 7.88. The maximum atomic E-state index is 12.5. The average molecular weight is 370 g/mol. The lowest BCUT2D eigenvalue weighted by atomic mass is 9.97. The Morgan fingerprint density at radius 2 is 2.23 bits per heavy atom. The van der Waals surface area contributed by atoms with Gasteiger partial charge in [-0.3, -0.25) is 4.79 Å². The van der Waals surface area contributed by atoms with Crippen LogP contribution in [0, 0.1) is 17.2 Å². The van der Waals surface area contributed by atoms with Crippen LogP contribution in [0.3, 0.4) is 0 Å². The first kappa shape index (κ1) is 17.4. The summed E-state index contributed by atoms with van der Waals surface area (Å²) in [5.41, 5.74) is 0.380. The van der Waals surface area contributed by atoms with E-state index in [9.17, 15) is 10.1 Å². The third kappa shape index (κ3) is 3.60. The van der Waals surface area contributed by atoms with E-state index in [-0.39, 0.29) is 5.91 Å². The van der Waals surface area contributed by atoms with Crippen molar-refractivity contribution in [3.8, 4) is 6.07 Å². The highest BCUT2D eigenvalue weighted by Crippen LogP contribution is 2.39. The number of nitrogens with zero attached hydrogens (tertiary/aromatic N) is 2. The van der Waals surface area contributed by atoms with Crippen LogP contribution in [0.25, 0.3) is 10.2 Å². The molecular weight excluding hydrogens is 344 g/mol. The van der Waals surface area contributed by atoms with Crippen molar-refractivity contribution in [2.75, 3.05) is 19.6 Å². The molecule has 2 N–H and O–H groups in total. The van der Waals surface area contributed by atoms with Gasteiger partial charge in [0.1, 0.15) is 10.5 Å². The second-order valence-corrected chi connectivity index (χ2v) is 8.94. The van der Waals surface area contributed by atoms with Gasteiger partial charge in [0, 0.05) is 0 Å². The van der Waals surface area contributed by atoms with Crippen LogP contribution < -0.4 is 10.2 Å². The number of rotatable bonds is 5. The molecule has 1 aromatic carbocycles. The number of hydrogen-bond acceptors (Lipinski definition) is 4. The van der Waals surface area contributed by atoms with Crippen molar-refractivity contribution in [1.29, 1.82) is 5.26 Å². The lowest BCUT2D eigenvalue weighted by Crippen LogP contribution is -3.14. The Kier molecular flexibility index (Phi) is 4.68. The fourth-order valence-electron chi connectivity index (χ4n) is 4.03. The lowest BCUT2D eigenvalue weighted by Gasteiger charge is -2.30. The first-order valence-electron chi connectivity index (χ1n) is 9.49. The highest BCUT2D eigenvalue weighted by atomic mass is 32.1. The highest BCUT2D eigenvalue weighted by molar-refractivity contribution is 7.18. The van der Waals surface area contributed by atoms with Crippen molar-refractivity contribution in [3.63, 3.8) is 0 Å². The van der Waals surface area contributed by atoms with Gasteiger partial charge in [-0.2, -0.15) is 5.26 Å². The molecule has 2 fully saturated rings. The second kappa shape index (κ2) is 6.98. The summed E-state index contributed by atoms with van der Waals surface area (Å²) in [7, 11) is 0. The number of piperidine rings is 1. The van der Waals surface area contributed by atoms with Gasteiger partial charge in [-0.05, 0) is 50.7 Å². The lowest BCUT2D eigenvalue weighted by molar-refractivity contribution is -0.898. The van der Waals surface area contributed by atoms with Gasteiger partial charge in [-0.25, -0.2) is 4.98 Å². The molecule has 6 heteroatoms. The predicted octanol–water partition coefficient (Wildman–Crippen LogP) is 1.87. The fourth-order valence-corrected chi connectivity index (χ4v) is 5.13. The summed E-state index contributed by atoms with van der Waals surface area (Å²) in [5, 5.41) is 13.6. The average Bonchev–Trinajstić information content (AvgIpc) is 3.41. The van der Waals surface area contributed by atoms with Crippen molar-refractivity contribution in [2.24, 2.45) is 5.92 Å². The molecule has 1 aromatic heterocycles. The van der Waals surface area contributed by atoms with E-state index < -0.39 is 5.54 Å². The van der Waals surface area contributed by atoms with Gasteiger partial charge in [0.15, 0.2) is 6.54 Å². The number of nitrogens with one attached hydrogen (secondary N) is 2. The summed E-state index contributed by atoms with van der Waals surface area (Å²) in [5.74, 6) is 0.749. The van der Waals surface area contributed by atoms with Gasteiger partial charge in [0.25, 0.3) is 5.91 Å². The number of thiazole rings is 1. The van der Waals surface area contributed by atoms with Gasteiger partial charge in [-0.1, -0.05) is 12.1 Å². The molecule has 136 valence electrons. The van der Waals surface area contributed by atoms with E-state index in [2.05, 4.69) is 29.6 Å². The number of para-hydroxylation sites is 1. The molecule has 0 radical (unpaired) electrons. The molecule has 2 aromatic rings. The number of fused-ring (bicyclic) bond motifs is 1. The third-order valence-corrected chi connectivity index (χ3v) is 6.91. The Labute approximate surface area is 158 Å². The molecule has 2 heterocycles. The minimum Gasteiger partial charge on any atom is -0.333 e. The third-order valence-electron chi connectivity index (χ3n) is 5.71. The maximum absolute atomic E-state index is 12.5. The van der Waals surface area contributed by atoms with E-state index in [4.69, 9.17) is 4.98 Å². The first-order valence-corrected chi connectivity index (χ1v) is 10.3. The summed E-state index contributed by atoms with van der Waals surface area (Å²) < 4.78 is 1.24. The number of carbonyl (C=O) groups excluding carboxylic acids is 1. The van der Waals surface area contributed by atoms with Crippen LogP contribution in [0.2, 0.25) is 0 Å². The Hall–Kier alpha value is -1.97. The first-order chi connectivity index (χ1) is 12.6. The zero-order valence-electron chi connectivity index (χ0n) is 15.1. The Morgan fingerprint density at radius 3 is 2.96 bits per heavy atom. The van der Waals surface area contributed by atoms with E-state index in [1.165, 1.54) is 14.6 Å². The molecule has 1 aliphatic carbocycles. The maximum Gasteiger partial charge on any atom is 0.276 e. The van der Waals surface area contributed by atoms with Crippen molar-refractivity contribution in [2.45, 2.75) is 44.1 Å². The number of benzene rings is 1. The van der Waals surface area contributed by atoms with Crippen LogP contribution in [0.4, 0.5) is 0 Å². The van der Waals surface area contributed by atoms with Gasteiger partial charge < -0.3 is 10.2 Å². The summed E-state index contributed by atoms with van der Waals surface area (Å²) in [6.07, 6.45) is 4.34. The summed E-state index contributed by atoms with van der Waals surface area (Å²) >= 11 is 1.78. The van der Waals surface area contributed by atoms with E-state index >= 15 is 0 Å². The number of carbonyl (C=O) groups is 1. The van der Waals surface area contributed by atoms with Crippen LogP contribution >= 0.6 is 11.3 Å². The molecule has 5 nitrogen and oxygen atoms in total. The van der Waals surface area contributed by atoms with E-state index in [1.54, 1.807) is 11.3 Å². The normalized spacial score (nSPS) is 25.4. The predicted molar refractivity (Wildman–Crippen MR) is 102 cm³/mol. The highest BCUT2D eigenvalue weighted by Gasteiger charge is 2.43. The molecule has 3 atom stereocenters. The standard InChI is InChI=1S/C20H24N4OS/c1-20(13-21,15-8-9-15)23-18(25)12-24-10-4-5-14(11-24)19-22-16-6-2-3-7-17(16)26-19/h2-3,6-7,14-15H,4-5,8-12H2,1H3,(H,23,25)/p+1/t14-,20-/m0/s1. The number of nitriles is 1. The van der Waals surface area contributed by atoms with Crippen molar-refractivity contribution in [3.05, 3.63) is 29.3 Å². The summed E-state index contributed by atoms with van der Waals surface area (Å²) in [6.45, 7) is 4.27. The number of aromatic nitrogens is 1. The molecular formula is C20H25N4OS+. The van der Waals surface area contributed by atoms with Crippen LogP contribution in [-0.2, 0) is 4.79 Å². The molecule has 0 bridgehead atoms. The van der Waals surface area contributed by atoms with Gasteiger partial charge >= 0.3 is 0 Å². The summed E-state index contributed by atoms with van der Waals surface area (Å²) in [6, 6.07) is 10.6. The zero-order chi connectivity index (χ0) is 18.1. The van der Waals surface area contributed by atoms with Gasteiger partial charge in [0.2, 0.25) is 0 Å². The molecule has 0 spiro atoms. The Bertz CT molecular complexity index is 820. The minimum absolute atomic E-state index is 0.000833. The van der Waals surface area contributed by atoms with Crippen LogP contribution in [0.5, 0.6) is 0 Å². The summed E-state index contributed by atoms with van der Waals surface area (Å²) in [4.78, 5) is 18.6. The molecule has 1 amide bonds. The molecule has 26 heavy (non-hydrogen) atoms. The number of likely N-dealkylation sites (tertiary alicyclic amines) is 1. The number of quaternary nitrogens is 1. The van der Waals surface area contributed by atoms with E-state index in [0.717, 1.165) is 44.3 Å². The van der Waals surface area contributed by atoms with Crippen LogP contribution in [0.1, 0.15) is 43.5 Å². The van der Waals surface area contributed by atoms with Crippen LogP contribution in [-0.4, -0.2) is 36.1 Å². The zero-order valence-corrected chi connectivity index (χ0v) is 15.9.